The number of nitrogens with zero attached hydrogens (tertiary/aromatic N) is 1. The Kier molecular flexibility index (Phi) is 3.90. The molecule has 18 heavy (non-hydrogen) atoms. The molecule has 1 unspecified atom stereocenters. The van der Waals surface area contributed by atoms with Crippen molar-refractivity contribution in [3.8, 4) is 0 Å². The molecule has 1 aliphatic rings. The van der Waals surface area contributed by atoms with Crippen LogP contribution in [0.1, 0.15) is 44.6 Å². The molecule has 1 atom stereocenters. The van der Waals surface area contributed by atoms with Crippen LogP contribution < -0.4 is 10.6 Å². The monoisotopic (exact) mass is 246 g/mol. The van der Waals surface area contributed by atoms with Crippen LogP contribution in [0, 0.1) is 6.92 Å². The average Bonchev–Trinajstić information content (AvgIpc) is 2.71. The molecule has 0 spiro atoms. The first-order chi connectivity index (χ1) is 8.63. The second-order valence-electron chi connectivity index (χ2n) is 5.14. The van der Waals surface area contributed by atoms with Crippen LogP contribution in [0.2, 0.25) is 0 Å². The SMILES string of the molecule is CCCCC1CCC(=O)N1c1ccc(C)c(N)c1. The molecule has 2 rings (SSSR count). The van der Waals surface area contributed by atoms with Gasteiger partial charge in [0.1, 0.15) is 0 Å². The van der Waals surface area contributed by atoms with Gasteiger partial charge in [-0.1, -0.05) is 25.8 Å². The van der Waals surface area contributed by atoms with Crippen LogP contribution >= 0.6 is 0 Å². The van der Waals surface area contributed by atoms with Crippen molar-refractivity contribution >= 4 is 17.3 Å². The van der Waals surface area contributed by atoms with Gasteiger partial charge in [0.25, 0.3) is 0 Å². The third-order valence-electron chi connectivity index (χ3n) is 3.76. The maximum atomic E-state index is 12.0. The fourth-order valence-electron chi connectivity index (χ4n) is 2.59. The van der Waals surface area contributed by atoms with Gasteiger partial charge in [-0.3, -0.25) is 4.79 Å². The largest absolute Gasteiger partial charge is 0.398 e. The summed E-state index contributed by atoms with van der Waals surface area (Å²) < 4.78 is 0. The van der Waals surface area contributed by atoms with E-state index in [1.165, 1.54) is 12.8 Å². The first kappa shape index (κ1) is 12.9. The minimum absolute atomic E-state index is 0.236. The second kappa shape index (κ2) is 5.42. The molecule has 1 fully saturated rings. The number of aryl methyl sites for hydroxylation is 1. The minimum Gasteiger partial charge on any atom is -0.398 e. The van der Waals surface area contributed by atoms with E-state index in [4.69, 9.17) is 5.73 Å². The van der Waals surface area contributed by atoms with E-state index < -0.39 is 0 Å². The lowest BCUT2D eigenvalue weighted by molar-refractivity contribution is -0.117. The molecule has 2 N–H and O–H groups in total. The number of unbranched alkanes of at least 4 members (excludes halogenated alkanes) is 1. The zero-order chi connectivity index (χ0) is 13.1. The number of carbonyl (C=O) groups excluding carboxylic acids is 1. The standard InChI is InChI=1S/C15H22N2O/c1-3-4-5-12-8-9-15(18)17(12)13-7-6-11(2)14(16)10-13/h6-7,10,12H,3-5,8-9,16H2,1-2H3. The van der Waals surface area contributed by atoms with Crippen molar-refractivity contribution in [2.24, 2.45) is 0 Å². The lowest BCUT2D eigenvalue weighted by Crippen LogP contribution is -2.32. The molecule has 1 saturated heterocycles. The lowest BCUT2D eigenvalue weighted by Gasteiger charge is -2.25. The number of rotatable bonds is 4. The minimum atomic E-state index is 0.236. The molecule has 1 amide bonds. The summed E-state index contributed by atoms with van der Waals surface area (Å²) in [6.07, 6.45) is 5.09. The predicted octanol–water partition coefficient (Wildman–Crippen LogP) is 3.26. The highest BCUT2D eigenvalue weighted by molar-refractivity contribution is 5.96. The molecular formula is C15H22N2O. The normalized spacial score (nSPS) is 19.6. The van der Waals surface area contributed by atoms with E-state index in [0.29, 0.717) is 12.5 Å². The summed E-state index contributed by atoms with van der Waals surface area (Å²) in [6, 6.07) is 6.29. The molecule has 1 heterocycles. The zero-order valence-electron chi connectivity index (χ0n) is 11.3. The van der Waals surface area contributed by atoms with E-state index in [1.54, 1.807) is 0 Å². The molecule has 3 nitrogen and oxygen atoms in total. The summed E-state index contributed by atoms with van der Waals surface area (Å²) in [4.78, 5) is 14.0. The van der Waals surface area contributed by atoms with Crippen LogP contribution in [0.15, 0.2) is 18.2 Å². The Morgan fingerprint density at radius 2 is 2.22 bits per heavy atom. The van der Waals surface area contributed by atoms with E-state index in [2.05, 4.69) is 6.92 Å². The number of anilines is 2. The molecule has 0 saturated carbocycles. The van der Waals surface area contributed by atoms with Gasteiger partial charge in [-0.2, -0.15) is 0 Å². The average molecular weight is 246 g/mol. The smallest absolute Gasteiger partial charge is 0.227 e. The Morgan fingerprint density at radius 1 is 1.44 bits per heavy atom. The molecule has 1 aromatic carbocycles. The Hall–Kier alpha value is -1.51. The van der Waals surface area contributed by atoms with E-state index in [0.717, 1.165) is 29.8 Å². The highest BCUT2D eigenvalue weighted by Gasteiger charge is 2.31. The second-order valence-corrected chi connectivity index (χ2v) is 5.14. The van der Waals surface area contributed by atoms with Gasteiger partial charge in [-0.05, 0) is 37.5 Å². The maximum Gasteiger partial charge on any atom is 0.227 e. The summed E-state index contributed by atoms with van der Waals surface area (Å²) in [7, 11) is 0. The fourth-order valence-corrected chi connectivity index (χ4v) is 2.59. The summed E-state index contributed by atoms with van der Waals surface area (Å²) in [5.41, 5.74) is 8.73. The van der Waals surface area contributed by atoms with Crippen LogP contribution in [0.5, 0.6) is 0 Å². The maximum absolute atomic E-state index is 12.0. The number of amides is 1. The van der Waals surface area contributed by atoms with Crippen molar-refractivity contribution in [2.75, 3.05) is 10.6 Å². The number of hydrogen-bond acceptors (Lipinski definition) is 2. The number of benzene rings is 1. The van der Waals surface area contributed by atoms with Gasteiger partial charge in [0.15, 0.2) is 0 Å². The van der Waals surface area contributed by atoms with Gasteiger partial charge < -0.3 is 10.6 Å². The molecule has 3 heteroatoms. The van der Waals surface area contributed by atoms with Crippen LogP contribution in [0.4, 0.5) is 11.4 Å². The van der Waals surface area contributed by atoms with Gasteiger partial charge in [0.05, 0.1) is 0 Å². The topological polar surface area (TPSA) is 46.3 Å². The number of nitrogens with two attached hydrogens (primary N) is 1. The van der Waals surface area contributed by atoms with Gasteiger partial charge in [0, 0.05) is 23.8 Å². The van der Waals surface area contributed by atoms with Crippen molar-refractivity contribution in [1.29, 1.82) is 0 Å². The molecule has 98 valence electrons. The van der Waals surface area contributed by atoms with E-state index in [1.807, 2.05) is 30.0 Å². The van der Waals surface area contributed by atoms with Crippen LogP contribution in [0.3, 0.4) is 0 Å². The zero-order valence-corrected chi connectivity index (χ0v) is 11.3. The van der Waals surface area contributed by atoms with Gasteiger partial charge in [-0.15, -0.1) is 0 Å². The first-order valence-electron chi connectivity index (χ1n) is 6.81. The van der Waals surface area contributed by atoms with Crippen molar-refractivity contribution in [3.63, 3.8) is 0 Å². The summed E-state index contributed by atoms with van der Waals surface area (Å²) in [6.45, 7) is 4.17. The van der Waals surface area contributed by atoms with E-state index >= 15 is 0 Å². The van der Waals surface area contributed by atoms with Gasteiger partial charge in [0.2, 0.25) is 5.91 Å². The van der Waals surface area contributed by atoms with Crippen LogP contribution in [0.25, 0.3) is 0 Å². The Morgan fingerprint density at radius 3 is 2.89 bits per heavy atom. The Labute approximate surface area is 109 Å². The number of carbonyl (C=O) groups is 1. The van der Waals surface area contributed by atoms with Crippen molar-refractivity contribution < 1.29 is 4.79 Å². The predicted molar refractivity (Wildman–Crippen MR) is 75.6 cm³/mol. The molecule has 1 aliphatic heterocycles. The summed E-state index contributed by atoms with van der Waals surface area (Å²) in [5.74, 6) is 0.236. The Balaban J connectivity index is 2.22. The third kappa shape index (κ3) is 2.50. The number of nitrogen functional groups attached to an aromatic ring is 1. The van der Waals surface area contributed by atoms with E-state index in [-0.39, 0.29) is 5.91 Å². The van der Waals surface area contributed by atoms with Gasteiger partial charge >= 0.3 is 0 Å². The lowest BCUT2D eigenvalue weighted by atomic mass is 10.1. The van der Waals surface area contributed by atoms with Crippen molar-refractivity contribution in [3.05, 3.63) is 23.8 Å². The van der Waals surface area contributed by atoms with E-state index in [9.17, 15) is 4.79 Å². The molecular weight excluding hydrogens is 224 g/mol. The van der Waals surface area contributed by atoms with Crippen molar-refractivity contribution in [1.82, 2.24) is 0 Å². The first-order valence-corrected chi connectivity index (χ1v) is 6.81. The molecule has 0 aliphatic carbocycles. The van der Waals surface area contributed by atoms with Crippen molar-refractivity contribution in [2.45, 2.75) is 52.0 Å². The fraction of sp³-hybridized carbons (Fsp3) is 0.533. The summed E-state index contributed by atoms with van der Waals surface area (Å²) >= 11 is 0. The quantitative estimate of drug-likeness (QED) is 0.829. The molecule has 0 bridgehead atoms. The van der Waals surface area contributed by atoms with Crippen LogP contribution in [-0.4, -0.2) is 11.9 Å². The summed E-state index contributed by atoms with van der Waals surface area (Å²) in [5, 5.41) is 0. The highest BCUT2D eigenvalue weighted by atomic mass is 16.2. The number of hydrogen-bond donors (Lipinski definition) is 1. The third-order valence-corrected chi connectivity index (χ3v) is 3.76. The molecule has 0 aromatic heterocycles. The molecule has 1 aromatic rings. The highest BCUT2D eigenvalue weighted by Crippen LogP contribution is 2.31. The van der Waals surface area contributed by atoms with Gasteiger partial charge in [-0.25, -0.2) is 0 Å². The van der Waals surface area contributed by atoms with Crippen LogP contribution in [-0.2, 0) is 4.79 Å². The Bertz CT molecular complexity index is 442. The molecule has 0 radical (unpaired) electrons.